The molecule has 0 amide bonds. The maximum atomic E-state index is 5.95. The van der Waals surface area contributed by atoms with Gasteiger partial charge >= 0.3 is 0 Å². The van der Waals surface area contributed by atoms with E-state index < -0.39 is 4.33 Å². The van der Waals surface area contributed by atoms with Gasteiger partial charge in [0.2, 0.25) is 0 Å². The molecule has 0 aromatic rings. The summed E-state index contributed by atoms with van der Waals surface area (Å²) in [7, 11) is 0. The molecule has 13 heavy (non-hydrogen) atoms. The largest absolute Gasteiger partial charge is 0.379 e. The molecule has 4 heteroatoms. The fourth-order valence-corrected chi connectivity index (χ4v) is 2.34. The summed E-state index contributed by atoms with van der Waals surface area (Å²) >= 11 is 11.9. The van der Waals surface area contributed by atoms with E-state index in [0.29, 0.717) is 5.92 Å². The van der Waals surface area contributed by atoms with Gasteiger partial charge in [-0.15, -0.1) is 23.2 Å². The molecule has 1 aliphatic heterocycles. The Bertz CT molecular complexity index is 180. The van der Waals surface area contributed by atoms with E-state index in [9.17, 15) is 0 Å². The quantitative estimate of drug-likeness (QED) is 0.679. The van der Waals surface area contributed by atoms with Crippen LogP contribution in [0.3, 0.4) is 0 Å². The van der Waals surface area contributed by atoms with E-state index in [1.165, 1.54) is 0 Å². The average molecular weight is 224 g/mol. The molecule has 1 saturated carbocycles. The van der Waals surface area contributed by atoms with Crippen LogP contribution in [0.2, 0.25) is 0 Å². The summed E-state index contributed by atoms with van der Waals surface area (Å²) in [5.41, 5.74) is 0. The Morgan fingerprint density at radius 2 is 1.92 bits per heavy atom. The number of hydrogen-bond acceptors (Lipinski definition) is 2. The molecule has 0 bridgehead atoms. The minimum absolute atomic E-state index is 0.397. The Labute approximate surface area is 89.1 Å². The summed E-state index contributed by atoms with van der Waals surface area (Å²) in [6.07, 6.45) is 2.10. The van der Waals surface area contributed by atoms with E-state index in [4.69, 9.17) is 27.9 Å². The molecule has 1 atom stereocenters. The second kappa shape index (κ2) is 3.93. The van der Waals surface area contributed by atoms with Crippen LogP contribution in [0.4, 0.5) is 0 Å². The molecule has 0 spiro atoms. The Hall–Kier alpha value is 0.500. The van der Waals surface area contributed by atoms with Gasteiger partial charge in [-0.1, -0.05) is 0 Å². The minimum atomic E-state index is -0.397. The SMILES string of the molecule is ClC1(Cl)CC1CCN1CCOCC1. The highest BCUT2D eigenvalue weighted by Crippen LogP contribution is 2.54. The molecule has 2 nitrogen and oxygen atoms in total. The van der Waals surface area contributed by atoms with Gasteiger partial charge in [-0.2, -0.15) is 0 Å². The molecular formula is C9H15Cl2NO. The van der Waals surface area contributed by atoms with Gasteiger partial charge in [0.25, 0.3) is 0 Å². The van der Waals surface area contributed by atoms with Crippen LogP contribution >= 0.6 is 23.2 Å². The van der Waals surface area contributed by atoms with E-state index in [1.807, 2.05) is 0 Å². The fourth-order valence-electron chi connectivity index (χ4n) is 1.75. The third kappa shape index (κ3) is 2.72. The van der Waals surface area contributed by atoms with Crippen LogP contribution in [0.25, 0.3) is 0 Å². The maximum Gasteiger partial charge on any atom is 0.121 e. The third-order valence-corrected chi connectivity index (χ3v) is 3.78. The Morgan fingerprint density at radius 1 is 1.31 bits per heavy atom. The van der Waals surface area contributed by atoms with Crippen LogP contribution in [0, 0.1) is 5.92 Å². The molecular weight excluding hydrogens is 209 g/mol. The van der Waals surface area contributed by atoms with Crippen molar-refractivity contribution in [3.63, 3.8) is 0 Å². The van der Waals surface area contributed by atoms with Gasteiger partial charge in [-0.05, 0) is 25.3 Å². The zero-order valence-electron chi connectivity index (χ0n) is 7.64. The monoisotopic (exact) mass is 223 g/mol. The van der Waals surface area contributed by atoms with Crippen LogP contribution in [0.1, 0.15) is 12.8 Å². The molecule has 1 heterocycles. The van der Waals surface area contributed by atoms with Crippen LogP contribution in [0.5, 0.6) is 0 Å². The Kier molecular flexibility index (Phi) is 3.04. The van der Waals surface area contributed by atoms with Crippen molar-refractivity contribution in [3.05, 3.63) is 0 Å². The highest BCUT2D eigenvalue weighted by molar-refractivity contribution is 6.50. The van der Waals surface area contributed by atoms with E-state index in [0.717, 1.165) is 45.7 Å². The lowest BCUT2D eigenvalue weighted by Crippen LogP contribution is -2.37. The summed E-state index contributed by atoms with van der Waals surface area (Å²) in [5, 5.41) is 0. The molecule has 1 unspecified atom stereocenters. The number of alkyl halides is 2. The molecule has 76 valence electrons. The predicted octanol–water partition coefficient (Wildman–Crippen LogP) is 1.90. The van der Waals surface area contributed by atoms with Crippen molar-refractivity contribution in [2.45, 2.75) is 17.2 Å². The molecule has 0 aromatic heterocycles. The topological polar surface area (TPSA) is 12.5 Å². The Balaban J connectivity index is 1.62. The lowest BCUT2D eigenvalue weighted by atomic mass is 10.2. The smallest absolute Gasteiger partial charge is 0.121 e. The van der Waals surface area contributed by atoms with Crippen molar-refractivity contribution >= 4 is 23.2 Å². The zero-order chi connectivity index (χ0) is 9.31. The van der Waals surface area contributed by atoms with Crippen molar-refractivity contribution in [1.82, 2.24) is 4.90 Å². The van der Waals surface area contributed by atoms with Crippen LogP contribution < -0.4 is 0 Å². The second-order valence-corrected chi connectivity index (χ2v) is 5.45. The summed E-state index contributed by atoms with van der Waals surface area (Å²) < 4.78 is 4.87. The predicted molar refractivity (Wildman–Crippen MR) is 54.4 cm³/mol. The maximum absolute atomic E-state index is 5.95. The van der Waals surface area contributed by atoms with Crippen LogP contribution in [0.15, 0.2) is 0 Å². The molecule has 1 aliphatic carbocycles. The van der Waals surface area contributed by atoms with Crippen LogP contribution in [-0.2, 0) is 4.74 Å². The Morgan fingerprint density at radius 3 is 2.46 bits per heavy atom. The van der Waals surface area contributed by atoms with Gasteiger partial charge in [0.1, 0.15) is 4.33 Å². The van der Waals surface area contributed by atoms with Gasteiger partial charge in [0.05, 0.1) is 13.2 Å². The fraction of sp³-hybridized carbons (Fsp3) is 1.00. The second-order valence-electron chi connectivity index (χ2n) is 3.90. The standard InChI is InChI=1S/C9H15Cl2NO/c10-9(11)7-8(9)1-2-12-3-5-13-6-4-12/h8H,1-7H2. The van der Waals surface area contributed by atoms with Crippen molar-refractivity contribution in [3.8, 4) is 0 Å². The molecule has 0 radical (unpaired) electrons. The highest BCUT2D eigenvalue weighted by atomic mass is 35.5. The molecule has 0 N–H and O–H groups in total. The summed E-state index contributed by atoms with van der Waals surface area (Å²) in [5.74, 6) is 0.527. The number of halogens is 2. The van der Waals surface area contributed by atoms with Gasteiger partial charge in [-0.25, -0.2) is 0 Å². The zero-order valence-corrected chi connectivity index (χ0v) is 9.15. The number of ether oxygens (including phenoxy) is 1. The molecule has 1 saturated heterocycles. The average Bonchev–Trinajstić information content (AvgIpc) is 2.73. The summed E-state index contributed by atoms with van der Waals surface area (Å²) in [6.45, 7) is 4.99. The van der Waals surface area contributed by atoms with Crippen molar-refractivity contribution in [2.24, 2.45) is 5.92 Å². The lowest BCUT2D eigenvalue weighted by molar-refractivity contribution is 0.0367. The minimum Gasteiger partial charge on any atom is -0.379 e. The summed E-state index contributed by atoms with van der Waals surface area (Å²) in [6, 6.07) is 0. The van der Waals surface area contributed by atoms with Crippen molar-refractivity contribution in [1.29, 1.82) is 0 Å². The first-order valence-electron chi connectivity index (χ1n) is 4.86. The van der Waals surface area contributed by atoms with Gasteiger partial charge in [-0.3, -0.25) is 4.90 Å². The normalized spacial score (nSPS) is 33.2. The van der Waals surface area contributed by atoms with Gasteiger partial charge in [0.15, 0.2) is 0 Å². The van der Waals surface area contributed by atoms with E-state index in [1.54, 1.807) is 0 Å². The molecule has 2 aliphatic rings. The highest BCUT2D eigenvalue weighted by Gasteiger charge is 2.50. The third-order valence-electron chi connectivity index (χ3n) is 2.85. The lowest BCUT2D eigenvalue weighted by Gasteiger charge is -2.26. The number of nitrogens with zero attached hydrogens (tertiary/aromatic N) is 1. The molecule has 2 fully saturated rings. The number of morpholine rings is 1. The first kappa shape index (κ1) is 10.0. The number of rotatable bonds is 3. The van der Waals surface area contributed by atoms with E-state index in [2.05, 4.69) is 4.90 Å². The van der Waals surface area contributed by atoms with Gasteiger partial charge in [0, 0.05) is 13.1 Å². The van der Waals surface area contributed by atoms with E-state index in [-0.39, 0.29) is 0 Å². The van der Waals surface area contributed by atoms with E-state index >= 15 is 0 Å². The first-order chi connectivity index (χ1) is 6.18. The first-order valence-corrected chi connectivity index (χ1v) is 5.62. The molecule has 2 rings (SSSR count). The van der Waals surface area contributed by atoms with Gasteiger partial charge < -0.3 is 4.74 Å². The van der Waals surface area contributed by atoms with Crippen molar-refractivity contribution in [2.75, 3.05) is 32.8 Å². The number of hydrogen-bond donors (Lipinski definition) is 0. The summed E-state index contributed by atoms with van der Waals surface area (Å²) in [4.78, 5) is 2.42. The molecule has 0 aromatic carbocycles. The van der Waals surface area contributed by atoms with Crippen LogP contribution in [-0.4, -0.2) is 42.1 Å². The van der Waals surface area contributed by atoms with Crippen molar-refractivity contribution < 1.29 is 4.74 Å².